The zero-order valence-corrected chi connectivity index (χ0v) is 14.4. The van der Waals surface area contributed by atoms with Crippen LogP contribution in [0.15, 0.2) is 54.6 Å². The van der Waals surface area contributed by atoms with Crippen LogP contribution in [-0.4, -0.2) is 15.9 Å². The van der Waals surface area contributed by atoms with Crippen LogP contribution in [0.25, 0.3) is 0 Å². The van der Waals surface area contributed by atoms with Crippen molar-refractivity contribution in [2.75, 3.05) is 10.6 Å². The molecular weight excluding hydrogens is 326 g/mol. The van der Waals surface area contributed by atoms with E-state index in [9.17, 15) is 4.79 Å². The molecule has 1 heterocycles. The normalized spacial score (nSPS) is 10.0. The van der Waals surface area contributed by atoms with Crippen LogP contribution >= 0.6 is 0 Å². The molecule has 128 valence electrons. The van der Waals surface area contributed by atoms with Crippen molar-refractivity contribution < 1.29 is 4.79 Å². The number of hydrogen-bond donors (Lipinski definition) is 2. The molecule has 6 heteroatoms. The van der Waals surface area contributed by atoms with E-state index in [4.69, 9.17) is 5.26 Å². The minimum atomic E-state index is -0.398. The lowest BCUT2D eigenvalue weighted by molar-refractivity contribution is 0.102. The van der Waals surface area contributed by atoms with E-state index in [1.54, 1.807) is 37.3 Å². The largest absolute Gasteiger partial charge is 0.324 e. The molecule has 0 radical (unpaired) electrons. The highest BCUT2D eigenvalue weighted by atomic mass is 16.1. The van der Waals surface area contributed by atoms with Gasteiger partial charge in [0.15, 0.2) is 0 Å². The quantitative estimate of drug-likeness (QED) is 0.748. The highest BCUT2D eigenvalue weighted by Crippen LogP contribution is 2.17. The Morgan fingerprint density at radius 2 is 1.77 bits per heavy atom. The fourth-order valence-electron chi connectivity index (χ4n) is 2.38. The number of nitrogens with zero attached hydrogens (tertiary/aromatic N) is 3. The van der Waals surface area contributed by atoms with Gasteiger partial charge in [-0.3, -0.25) is 4.79 Å². The van der Waals surface area contributed by atoms with E-state index in [-0.39, 0.29) is 5.69 Å². The fraction of sp³-hybridized carbons (Fsp3) is 0.100. The number of aryl methyl sites for hydroxylation is 2. The summed E-state index contributed by atoms with van der Waals surface area (Å²) in [5, 5.41) is 15.0. The standard InChI is InChI=1S/C20H17N5O/c1-13-7-9-16(10-8-13)23-20-22-14(2)11-18(25-20)19(26)24-17-6-4-3-5-15(17)12-21/h3-11H,1-2H3,(H,24,26)(H,22,23,25). The van der Waals surface area contributed by atoms with Crippen LogP contribution in [0.5, 0.6) is 0 Å². The first-order chi connectivity index (χ1) is 12.5. The molecule has 0 fully saturated rings. The van der Waals surface area contributed by atoms with Crippen LogP contribution in [-0.2, 0) is 0 Å². The second-order valence-corrected chi connectivity index (χ2v) is 5.82. The van der Waals surface area contributed by atoms with E-state index in [0.717, 1.165) is 11.3 Å². The van der Waals surface area contributed by atoms with Gasteiger partial charge in [0.1, 0.15) is 11.8 Å². The third kappa shape index (κ3) is 4.02. The summed E-state index contributed by atoms with van der Waals surface area (Å²) in [5.41, 5.74) is 3.71. The van der Waals surface area contributed by atoms with Gasteiger partial charge in [-0.25, -0.2) is 9.97 Å². The molecule has 0 saturated heterocycles. The molecule has 0 bridgehead atoms. The second-order valence-electron chi connectivity index (χ2n) is 5.82. The summed E-state index contributed by atoms with van der Waals surface area (Å²) in [5.74, 6) is -0.0577. The van der Waals surface area contributed by atoms with E-state index in [1.165, 1.54) is 0 Å². The van der Waals surface area contributed by atoms with Crippen LogP contribution in [0.2, 0.25) is 0 Å². The van der Waals surface area contributed by atoms with Crippen molar-refractivity contribution in [3.8, 4) is 6.07 Å². The summed E-state index contributed by atoms with van der Waals surface area (Å²) >= 11 is 0. The molecule has 0 spiro atoms. The average molecular weight is 343 g/mol. The van der Waals surface area contributed by atoms with Crippen molar-refractivity contribution in [1.82, 2.24) is 9.97 Å². The van der Waals surface area contributed by atoms with Crippen LogP contribution in [0.3, 0.4) is 0 Å². The Bertz CT molecular complexity index is 990. The van der Waals surface area contributed by atoms with Crippen LogP contribution in [0.1, 0.15) is 27.3 Å². The van der Waals surface area contributed by atoms with E-state index in [0.29, 0.717) is 22.9 Å². The van der Waals surface area contributed by atoms with Gasteiger partial charge in [-0.1, -0.05) is 29.8 Å². The van der Waals surface area contributed by atoms with Crippen molar-refractivity contribution >= 4 is 23.2 Å². The number of carbonyl (C=O) groups is 1. The summed E-state index contributed by atoms with van der Waals surface area (Å²) in [6.07, 6.45) is 0. The molecule has 2 aromatic carbocycles. The fourth-order valence-corrected chi connectivity index (χ4v) is 2.38. The molecule has 0 saturated carbocycles. The van der Waals surface area contributed by atoms with Crippen LogP contribution in [0.4, 0.5) is 17.3 Å². The number of aromatic nitrogens is 2. The SMILES string of the molecule is Cc1ccc(Nc2nc(C)cc(C(=O)Nc3ccccc3C#N)n2)cc1. The maximum absolute atomic E-state index is 12.5. The molecule has 26 heavy (non-hydrogen) atoms. The summed E-state index contributed by atoms with van der Waals surface area (Å²) < 4.78 is 0. The molecule has 1 amide bonds. The maximum atomic E-state index is 12.5. The minimum Gasteiger partial charge on any atom is -0.324 e. The Balaban J connectivity index is 1.83. The predicted molar refractivity (Wildman–Crippen MR) is 100 cm³/mol. The third-order valence-electron chi connectivity index (χ3n) is 3.69. The highest BCUT2D eigenvalue weighted by molar-refractivity contribution is 6.03. The van der Waals surface area contributed by atoms with Gasteiger partial charge >= 0.3 is 0 Å². The average Bonchev–Trinajstić information content (AvgIpc) is 2.63. The van der Waals surface area contributed by atoms with Gasteiger partial charge in [-0.2, -0.15) is 5.26 Å². The van der Waals surface area contributed by atoms with Crippen molar-refractivity contribution in [2.45, 2.75) is 13.8 Å². The lowest BCUT2D eigenvalue weighted by Crippen LogP contribution is -2.16. The number of benzene rings is 2. The smallest absolute Gasteiger partial charge is 0.274 e. The van der Waals surface area contributed by atoms with Crippen LogP contribution < -0.4 is 10.6 Å². The van der Waals surface area contributed by atoms with Gasteiger partial charge in [-0.15, -0.1) is 0 Å². The third-order valence-corrected chi connectivity index (χ3v) is 3.69. The van der Waals surface area contributed by atoms with Gasteiger partial charge in [0.25, 0.3) is 5.91 Å². The summed E-state index contributed by atoms with van der Waals surface area (Å²) in [7, 11) is 0. The zero-order chi connectivity index (χ0) is 18.5. The monoisotopic (exact) mass is 343 g/mol. The van der Waals surface area contributed by atoms with Gasteiger partial charge in [0.2, 0.25) is 5.95 Å². The van der Waals surface area contributed by atoms with E-state index in [2.05, 4.69) is 26.7 Å². The first-order valence-electron chi connectivity index (χ1n) is 8.05. The molecule has 6 nitrogen and oxygen atoms in total. The van der Waals surface area contributed by atoms with Crippen molar-refractivity contribution in [1.29, 1.82) is 5.26 Å². The summed E-state index contributed by atoms with van der Waals surface area (Å²) in [6, 6.07) is 18.3. The number of nitriles is 1. The molecular formula is C20H17N5O. The topological polar surface area (TPSA) is 90.7 Å². The predicted octanol–water partition coefficient (Wildman–Crippen LogP) is 3.96. The lowest BCUT2D eigenvalue weighted by atomic mass is 10.2. The van der Waals surface area contributed by atoms with E-state index >= 15 is 0 Å². The first kappa shape index (κ1) is 17.1. The molecule has 3 rings (SSSR count). The highest BCUT2D eigenvalue weighted by Gasteiger charge is 2.13. The molecule has 0 aliphatic carbocycles. The Hall–Kier alpha value is -3.72. The zero-order valence-electron chi connectivity index (χ0n) is 14.4. The van der Waals surface area contributed by atoms with Crippen molar-refractivity contribution in [3.05, 3.63) is 77.1 Å². The molecule has 2 N–H and O–H groups in total. The number of para-hydroxylation sites is 1. The molecule has 0 aliphatic heterocycles. The Morgan fingerprint density at radius 3 is 2.50 bits per heavy atom. The minimum absolute atomic E-state index is 0.222. The number of nitrogens with one attached hydrogen (secondary N) is 2. The molecule has 0 aliphatic rings. The van der Waals surface area contributed by atoms with Crippen molar-refractivity contribution in [3.63, 3.8) is 0 Å². The maximum Gasteiger partial charge on any atom is 0.274 e. The number of hydrogen-bond acceptors (Lipinski definition) is 5. The van der Waals surface area contributed by atoms with Gasteiger partial charge in [-0.05, 0) is 44.2 Å². The van der Waals surface area contributed by atoms with Gasteiger partial charge < -0.3 is 10.6 Å². The van der Waals surface area contributed by atoms with Gasteiger partial charge in [0, 0.05) is 11.4 Å². The van der Waals surface area contributed by atoms with Crippen LogP contribution in [0, 0.1) is 25.2 Å². The van der Waals surface area contributed by atoms with Crippen molar-refractivity contribution in [2.24, 2.45) is 0 Å². The number of carbonyl (C=O) groups excluding carboxylic acids is 1. The Morgan fingerprint density at radius 1 is 1.04 bits per heavy atom. The first-order valence-corrected chi connectivity index (χ1v) is 8.05. The number of rotatable bonds is 4. The number of anilines is 3. The Labute approximate surface area is 151 Å². The molecule has 0 unspecified atom stereocenters. The lowest BCUT2D eigenvalue weighted by Gasteiger charge is -2.10. The van der Waals surface area contributed by atoms with Gasteiger partial charge in [0.05, 0.1) is 11.3 Å². The van der Waals surface area contributed by atoms with E-state index < -0.39 is 5.91 Å². The number of amides is 1. The molecule has 0 atom stereocenters. The second kappa shape index (κ2) is 7.45. The summed E-state index contributed by atoms with van der Waals surface area (Å²) in [4.78, 5) is 21.2. The molecule has 1 aromatic heterocycles. The molecule has 3 aromatic rings. The van der Waals surface area contributed by atoms with E-state index in [1.807, 2.05) is 31.2 Å². The summed E-state index contributed by atoms with van der Waals surface area (Å²) in [6.45, 7) is 3.80. The Kier molecular flexibility index (Phi) is 4.90.